The molecule has 1 aromatic rings. The Kier molecular flexibility index (Phi) is 3.88. The van der Waals surface area contributed by atoms with Crippen molar-refractivity contribution < 1.29 is 18.3 Å². The SMILES string of the molecule is CC(=O)NCc1ccc(S(=O)(=O)N2CC(O)C2)cc1. The molecule has 1 aromatic carbocycles. The molecule has 104 valence electrons. The van der Waals surface area contributed by atoms with Crippen LogP contribution in [0.1, 0.15) is 12.5 Å². The minimum atomic E-state index is -3.50. The van der Waals surface area contributed by atoms with E-state index in [1.165, 1.54) is 23.4 Å². The molecule has 0 unspecified atom stereocenters. The summed E-state index contributed by atoms with van der Waals surface area (Å²) in [6, 6.07) is 6.35. The summed E-state index contributed by atoms with van der Waals surface area (Å²) in [6.45, 7) is 2.10. The van der Waals surface area contributed by atoms with E-state index >= 15 is 0 Å². The van der Waals surface area contributed by atoms with Crippen molar-refractivity contribution in [3.05, 3.63) is 29.8 Å². The van der Waals surface area contributed by atoms with Crippen LogP contribution in [0, 0.1) is 0 Å². The van der Waals surface area contributed by atoms with Gasteiger partial charge in [0.15, 0.2) is 0 Å². The molecule has 0 aromatic heterocycles. The Morgan fingerprint density at radius 2 is 1.95 bits per heavy atom. The maximum absolute atomic E-state index is 12.1. The van der Waals surface area contributed by atoms with Gasteiger partial charge in [0.25, 0.3) is 0 Å². The normalized spacial score (nSPS) is 16.9. The van der Waals surface area contributed by atoms with Crippen molar-refractivity contribution in [2.24, 2.45) is 0 Å². The average molecular weight is 284 g/mol. The van der Waals surface area contributed by atoms with Crippen LogP contribution >= 0.6 is 0 Å². The molecule has 0 bridgehead atoms. The molecule has 7 heteroatoms. The minimum absolute atomic E-state index is 0.133. The van der Waals surface area contributed by atoms with E-state index in [-0.39, 0.29) is 23.9 Å². The van der Waals surface area contributed by atoms with Crippen LogP contribution < -0.4 is 5.32 Å². The highest BCUT2D eigenvalue weighted by Crippen LogP contribution is 2.21. The van der Waals surface area contributed by atoms with Gasteiger partial charge in [0.05, 0.1) is 11.0 Å². The topological polar surface area (TPSA) is 86.7 Å². The van der Waals surface area contributed by atoms with Crippen LogP contribution in [-0.4, -0.2) is 42.9 Å². The summed E-state index contributed by atoms with van der Waals surface area (Å²) in [5.74, 6) is -0.133. The maximum Gasteiger partial charge on any atom is 0.243 e. The lowest BCUT2D eigenvalue weighted by atomic mass is 10.2. The highest BCUT2D eigenvalue weighted by Gasteiger charge is 2.35. The lowest BCUT2D eigenvalue weighted by Gasteiger charge is -2.34. The lowest BCUT2D eigenvalue weighted by Crippen LogP contribution is -2.53. The van der Waals surface area contributed by atoms with Gasteiger partial charge in [-0.2, -0.15) is 4.31 Å². The Morgan fingerprint density at radius 1 is 1.37 bits per heavy atom. The number of carbonyl (C=O) groups excluding carboxylic acids is 1. The van der Waals surface area contributed by atoms with Gasteiger partial charge in [-0.15, -0.1) is 0 Å². The fourth-order valence-electron chi connectivity index (χ4n) is 1.77. The van der Waals surface area contributed by atoms with Gasteiger partial charge < -0.3 is 10.4 Å². The number of rotatable bonds is 4. The van der Waals surface area contributed by atoms with Crippen molar-refractivity contribution in [3.63, 3.8) is 0 Å². The number of benzene rings is 1. The van der Waals surface area contributed by atoms with Crippen LogP contribution in [0.25, 0.3) is 0 Å². The van der Waals surface area contributed by atoms with Crippen LogP contribution in [0.3, 0.4) is 0 Å². The van der Waals surface area contributed by atoms with Crippen molar-refractivity contribution >= 4 is 15.9 Å². The number of sulfonamides is 1. The largest absolute Gasteiger partial charge is 0.390 e. The number of hydrogen-bond donors (Lipinski definition) is 2. The second-order valence-corrected chi connectivity index (χ2v) is 6.47. The Morgan fingerprint density at radius 3 is 2.42 bits per heavy atom. The molecule has 2 N–H and O–H groups in total. The third kappa shape index (κ3) is 3.12. The molecule has 0 radical (unpaired) electrons. The first kappa shape index (κ1) is 14.0. The average Bonchev–Trinajstić information content (AvgIpc) is 2.33. The summed E-state index contributed by atoms with van der Waals surface area (Å²) in [5, 5.41) is 11.8. The van der Waals surface area contributed by atoms with E-state index in [1.54, 1.807) is 12.1 Å². The smallest absolute Gasteiger partial charge is 0.243 e. The fourth-order valence-corrected chi connectivity index (χ4v) is 3.28. The quantitative estimate of drug-likeness (QED) is 0.794. The van der Waals surface area contributed by atoms with E-state index in [2.05, 4.69) is 5.32 Å². The van der Waals surface area contributed by atoms with E-state index in [1.807, 2.05) is 0 Å². The van der Waals surface area contributed by atoms with Gasteiger partial charge in [-0.25, -0.2) is 8.42 Å². The first-order valence-corrected chi connectivity index (χ1v) is 7.35. The Balaban J connectivity index is 2.07. The molecule has 0 aliphatic carbocycles. The van der Waals surface area contributed by atoms with Gasteiger partial charge in [0.1, 0.15) is 0 Å². The number of amides is 1. The molecule has 6 nitrogen and oxygen atoms in total. The van der Waals surface area contributed by atoms with Crippen molar-refractivity contribution in [1.82, 2.24) is 9.62 Å². The molecule has 0 spiro atoms. The molecule has 0 saturated carbocycles. The number of β-amino-alcohol motifs (C(OH)–C–C–N with tert-alkyl or cyclic N) is 1. The van der Waals surface area contributed by atoms with Crippen LogP contribution in [0.2, 0.25) is 0 Å². The van der Waals surface area contributed by atoms with Crippen LogP contribution in [0.4, 0.5) is 0 Å². The highest BCUT2D eigenvalue weighted by molar-refractivity contribution is 7.89. The van der Waals surface area contributed by atoms with Crippen LogP contribution in [-0.2, 0) is 21.4 Å². The Hall–Kier alpha value is -1.44. The number of nitrogens with zero attached hydrogens (tertiary/aromatic N) is 1. The monoisotopic (exact) mass is 284 g/mol. The highest BCUT2D eigenvalue weighted by atomic mass is 32.2. The van der Waals surface area contributed by atoms with Gasteiger partial charge in [0, 0.05) is 26.6 Å². The Labute approximate surface area is 112 Å². The van der Waals surface area contributed by atoms with Crippen LogP contribution in [0.5, 0.6) is 0 Å². The van der Waals surface area contributed by atoms with Gasteiger partial charge in [-0.05, 0) is 17.7 Å². The molecular formula is C12H16N2O4S. The Bertz CT molecular complexity index is 562. The number of nitrogens with one attached hydrogen (secondary N) is 1. The number of carbonyl (C=O) groups is 1. The first-order valence-electron chi connectivity index (χ1n) is 5.91. The summed E-state index contributed by atoms with van der Waals surface area (Å²) >= 11 is 0. The molecular weight excluding hydrogens is 268 g/mol. The molecule has 19 heavy (non-hydrogen) atoms. The summed E-state index contributed by atoms with van der Waals surface area (Å²) in [6.07, 6.45) is -0.561. The standard InChI is InChI=1S/C12H16N2O4S/c1-9(15)13-6-10-2-4-12(5-3-10)19(17,18)14-7-11(16)8-14/h2-5,11,16H,6-8H2,1H3,(H,13,15). The summed E-state index contributed by atoms with van der Waals surface area (Å²) in [7, 11) is -3.50. The van der Waals surface area contributed by atoms with Crippen molar-refractivity contribution in [1.29, 1.82) is 0 Å². The van der Waals surface area contributed by atoms with Crippen LogP contribution in [0.15, 0.2) is 29.2 Å². The molecule has 1 amide bonds. The number of aliphatic hydroxyl groups excluding tert-OH is 1. The number of aliphatic hydroxyl groups is 1. The zero-order valence-electron chi connectivity index (χ0n) is 10.5. The van der Waals surface area contributed by atoms with Gasteiger partial charge in [-0.3, -0.25) is 4.79 Å². The predicted octanol–water partition coefficient (Wildman–Crippen LogP) is -0.312. The molecule has 1 aliphatic rings. The molecule has 0 atom stereocenters. The van der Waals surface area contributed by atoms with Gasteiger partial charge in [-0.1, -0.05) is 12.1 Å². The molecule has 1 heterocycles. The second kappa shape index (κ2) is 5.28. The molecule has 1 aliphatic heterocycles. The maximum atomic E-state index is 12.1. The first-order chi connectivity index (χ1) is 8.89. The second-order valence-electron chi connectivity index (χ2n) is 4.53. The van der Waals surface area contributed by atoms with E-state index in [0.717, 1.165) is 5.56 Å². The van der Waals surface area contributed by atoms with Crippen molar-refractivity contribution in [2.45, 2.75) is 24.5 Å². The minimum Gasteiger partial charge on any atom is -0.390 e. The zero-order valence-corrected chi connectivity index (χ0v) is 11.4. The predicted molar refractivity (Wildman–Crippen MR) is 68.7 cm³/mol. The lowest BCUT2D eigenvalue weighted by molar-refractivity contribution is -0.119. The fraction of sp³-hybridized carbons (Fsp3) is 0.417. The third-order valence-electron chi connectivity index (χ3n) is 2.93. The van der Waals surface area contributed by atoms with E-state index in [0.29, 0.717) is 6.54 Å². The van der Waals surface area contributed by atoms with Gasteiger partial charge in [0.2, 0.25) is 15.9 Å². The van der Waals surface area contributed by atoms with Crippen molar-refractivity contribution in [2.75, 3.05) is 13.1 Å². The van der Waals surface area contributed by atoms with E-state index in [4.69, 9.17) is 5.11 Å². The summed E-state index contributed by atoms with van der Waals surface area (Å²) < 4.78 is 25.4. The summed E-state index contributed by atoms with van der Waals surface area (Å²) in [4.78, 5) is 11.0. The number of hydrogen-bond acceptors (Lipinski definition) is 4. The van der Waals surface area contributed by atoms with E-state index in [9.17, 15) is 13.2 Å². The van der Waals surface area contributed by atoms with E-state index < -0.39 is 16.1 Å². The molecule has 1 saturated heterocycles. The summed E-state index contributed by atoms with van der Waals surface area (Å²) in [5.41, 5.74) is 0.831. The zero-order chi connectivity index (χ0) is 14.0. The molecule has 1 fully saturated rings. The third-order valence-corrected chi connectivity index (χ3v) is 4.78. The van der Waals surface area contributed by atoms with Crippen molar-refractivity contribution in [3.8, 4) is 0 Å². The van der Waals surface area contributed by atoms with Gasteiger partial charge >= 0.3 is 0 Å². The molecule has 2 rings (SSSR count).